The van der Waals surface area contributed by atoms with Gasteiger partial charge in [-0.3, -0.25) is 57.5 Å². The number of amides is 12. The van der Waals surface area contributed by atoms with Crippen molar-refractivity contribution in [2.75, 3.05) is 89.6 Å². The van der Waals surface area contributed by atoms with Gasteiger partial charge in [-0.05, 0) is 152 Å². The smallest absolute Gasteiger partial charge is 0.347 e. The van der Waals surface area contributed by atoms with E-state index in [4.69, 9.17) is 11.6 Å². The highest BCUT2D eigenvalue weighted by molar-refractivity contribution is 6.21. The molecule has 0 radical (unpaired) electrons. The zero-order chi connectivity index (χ0) is 77.0. The summed E-state index contributed by atoms with van der Waals surface area (Å²) < 4.78 is 42.4. The maximum absolute atomic E-state index is 15.8. The van der Waals surface area contributed by atoms with Gasteiger partial charge >= 0.3 is 6.18 Å². The molecule has 3 heterocycles. The molecule has 104 heavy (non-hydrogen) atoms. The van der Waals surface area contributed by atoms with Gasteiger partial charge in [0.15, 0.2) is 0 Å². The first kappa shape index (κ1) is 84.9. The molecular weight excluding hydrogens is 1370 g/mol. The fourth-order valence-corrected chi connectivity index (χ4v) is 17.8. The Labute approximate surface area is 619 Å². The number of piperidine rings is 1. The molecule has 4 aliphatic carbocycles. The minimum Gasteiger partial charge on any atom is -0.347 e. The van der Waals surface area contributed by atoms with Gasteiger partial charge in [-0.1, -0.05) is 91.9 Å². The Morgan fingerprint density at radius 2 is 1.24 bits per heavy atom. The molecule has 7 fully saturated rings. The fourth-order valence-electron chi connectivity index (χ4n) is 17.3. The Bertz CT molecular complexity index is 3030. The van der Waals surface area contributed by atoms with Gasteiger partial charge in [-0.2, -0.15) is 13.2 Å². The second-order valence-electron chi connectivity index (χ2n) is 32.4. The van der Waals surface area contributed by atoms with Crippen molar-refractivity contribution in [1.29, 1.82) is 0 Å². The minimum absolute atomic E-state index is 0.0106. The highest BCUT2D eigenvalue weighted by atomic mass is 35.5. The van der Waals surface area contributed by atoms with E-state index in [1.807, 2.05) is 20.8 Å². The van der Waals surface area contributed by atoms with Gasteiger partial charge in [0, 0.05) is 75.4 Å². The molecule has 29 heteroatoms. The molecule has 7 aliphatic rings. The first-order valence-corrected chi connectivity index (χ1v) is 39.1. The van der Waals surface area contributed by atoms with Gasteiger partial charge in [0.25, 0.3) is 0 Å². The van der Waals surface area contributed by atoms with Gasteiger partial charge in [0.05, 0.1) is 18.9 Å². The Hall–Kier alpha value is -6.32. The highest BCUT2D eigenvalue weighted by Gasteiger charge is 2.53. The average Bonchev–Trinajstić information content (AvgIpc) is 1.07. The van der Waals surface area contributed by atoms with E-state index in [9.17, 15) is 46.7 Å². The van der Waals surface area contributed by atoms with Crippen molar-refractivity contribution in [1.82, 2.24) is 65.4 Å². The number of alkyl halides is 4. The van der Waals surface area contributed by atoms with Crippen LogP contribution in [0.4, 0.5) is 13.2 Å². The van der Waals surface area contributed by atoms with Gasteiger partial charge in [-0.25, -0.2) is 0 Å². The van der Waals surface area contributed by atoms with E-state index in [0.29, 0.717) is 45.1 Å². The number of carbonyl (C=O) groups excluding carboxylic acids is 12. The quantitative estimate of drug-likeness (QED) is 0.156. The van der Waals surface area contributed by atoms with E-state index >= 15 is 24.0 Å². The molecule has 0 aromatic carbocycles. The molecule has 0 aromatic heterocycles. The lowest BCUT2D eigenvalue weighted by Crippen LogP contribution is -2.65. The average molecular weight is 1490 g/mol. The predicted octanol–water partition coefficient (Wildman–Crippen LogP) is 5.93. The van der Waals surface area contributed by atoms with Crippen LogP contribution in [0.1, 0.15) is 202 Å². The molecule has 588 valence electrons. The van der Waals surface area contributed by atoms with Crippen molar-refractivity contribution in [3.05, 3.63) is 0 Å². The van der Waals surface area contributed by atoms with E-state index in [1.165, 1.54) is 114 Å². The number of nitrogens with one attached hydrogen (secondary N) is 4. The predicted molar refractivity (Wildman–Crippen MR) is 387 cm³/mol. The largest absolute Gasteiger partial charge is 0.393 e. The van der Waals surface area contributed by atoms with Crippen molar-refractivity contribution in [2.24, 2.45) is 41.4 Å². The summed E-state index contributed by atoms with van der Waals surface area (Å²) in [6, 6.07) is -11.0. The number of nitrogens with zero attached hydrogens (tertiary/aromatic N) is 9. The SMILES string of the molecule is CC[C@H](C)[C@@H]1NC(=O)[C@H](CC(C)C)N(C)C(=O)C[C@@H](C(=O)N(C)C)N(C)C(=O)[C@H](C2CCCC2)N(C)C(=O)C2(CCCC2)NC(=O)[C@H](CC2CCCNC2)N(C)C(=O)[C@H](CCC2CCC(C(F)(F)F)C(Cl)C2)NC(=O)CN(C)C(=O)[C@H](CC2CCCCC2)N(C)C(=O)[C@@H]2CCN2C(=O)[C@H](C)N(C)C1=O. The summed E-state index contributed by atoms with van der Waals surface area (Å²) >= 11 is 6.46. The highest BCUT2D eigenvalue weighted by Crippen LogP contribution is 2.44. The van der Waals surface area contributed by atoms with E-state index in [-0.39, 0.29) is 101 Å². The summed E-state index contributed by atoms with van der Waals surface area (Å²) in [6.45, 7) is 9.67. The van der Waals surface area contributed by atoms with E-state index < -0.39 is 173 Å². The zero-order valence-electron chi connectivity index (χ0n) is 64.5. The Kier molecular flexibility index (Phi) is 30.6. The molecule has 3 aliphatic heterocycles. The number of likely N-dealkylation sites (N-methyl/N-ethyl adjacent to an activating group) is 8. The number of halogens is 4. The van der Waals surface area contributed by atoms with Crippen molar-refractivity contribution >= 4 is 82.5 Å². The third-order valence-electron chi connectivity index (χ3n) is 24.5. The molecular formula is C75H123ClF3N13O12. The van der Waals surface area contributed by atoms with Crippen LogP contribution >= 0.6 is 11.6 Å². The molecule has 12 amide bonds. The van der Waals surface area contributed by atoms with Gasteiger partial charge in [0.2, 0.25) is 70.9 Å². The molecule has 1 spiro atoms. The summed E-state index contributed by atoms with van der Waals surface area (Å²) in [4.78, 5) is 193. The maximum Gasteiger partial charge on any atom is 0.393 e. The van der Waals surface area contributed by atoms with E-state index in [2.05, 4.69) is 21.3 Å². The lowest BCUT2D eigenvalue weighted by Gasteiger charge is -2.45. The second-order valence-corrected chi connectivity index (χ2v) is 33.0. The molecule has 3 saturated heterocycles. The van der Waals surface area contributed by atoms with Crippen molar-refractivity contribution < 1.29 is 70.7 Å². The van der Waals surface area contributed by atoms with Crippen LogP contribution in [0.15, 0.2) is 0 Å². The van der Waals surface area contributed by atoms with Gasteiger partial charge in [0.1, 0.15) is 59.9 Å². The molecule has 4 N–H and O–H groups in total. The third kappa shape index (κ3) is 20.7. The van der Waals surface area contributed by atoms with E-state index in [0.717, 1.165) is 57.9 Å². The summed E-state index contributed by atoms with van der Waals surface area (Å²) in [5, 5.41) is 11.1. The lowest BCUT2D eigenvalue weighted by atomic mass is 9.78. The van der Waals surface area contributed by atoms with Crippen LogP contribution in [0.25, 0.3) is 0 Å². The standard InChI is InChI=1S/C75H123ClF3N13O12/c1-15-46(4)62-71(102)86(9)47(5)66(97)92-37-33-55(92)70(101)89(12)58(40-48-24-17-16-18-25-48)69(100)85(8)44-60(93)81-54(32-30-49-29-31-52(53(76)39-49)75(77,78)79)67(98)88(11)57(41-50-26-23-36-80-43-50)65(96)83-74(34-21-22-35-74)73(104)91(14)63(51-27-19-20-28-51)72(103)90(13)59(68(99)84(6)7)42-61(94)87(10)56(38-45(2)3)64(95)82-62/h45-59,62-63,80H,15-44H2,1-14H3,(H,81,93)(H,82,95)(H,83,96)/t46-,47-,49?,50?,52?,53?,54-,55-,56-,57-,58-,59-,62-,63-/m0/s1. The third-order valence-corrected chi connectivity index (χ3v) is 25.0. The van der Waals surface area contributed by atoms with E-state index in [1.54, 1.807) is 6.92 Å². The Morgan fingerprint density at radius 1 is 0.625 bits per heavy atom. The number of rotatable bonds is 13. The van der Waals surface area contributed by atoms with Gasteiger partial charge in [-0.15, -0.1) is 11.6 Å². The summed E-state index contributed by atoms with van der Waals surface area (Å²) in [5.41, 5.74) is -1.60. The minimum atomic E-state index is -4.52. The Balaban J connectivity index is 1.31. The number of carbonyl (C=O) groups is 12. The van der Waals surface area contributed by atoms with Crippen molar-refractivity contribution in [3.63, 3.8) is 0 Å². The molecule has 0 bridgehead atoms. The number of hydrogen-bond donors (Lipinski definition) is 4. The Morgan fingerprint density at radius 3 is 1.81 bits per heavy atom. The molecule has 4 saturated carbocycles. The van der Waals surface area contributed by atoms with Crippen LogP contribution in [0, 0.1) is 41.4 Å². The zero-order valence-corrected chi connectivity index (χ0v) is 65.2. The van der Waals surface area contributed by atoms with Crippen LogP contribution < -0.4 is 21.3 Å². The molecule has 25 nitrogen and oxygen atoms in total. The maximum atomic E-state index is 15.8. The van der Waals surface area contributed by atoms with Gasteiger partial charge < -0.3 is 65.4 Å². The van der Waals surface area contributed by atoms with Crippen LogP contribution in [0.5, 0.6) is 0 Å². The lowest BCUT2D eigenvalue weighted by molar-refractivity contribution is -0.182. The molecule has 14 atom stereocenters. The number of hydrogen-bond acceptors (Lipinski definition) is 13. The summed E-state index contributed by atoms with van der Waals surface area (Å²) in [6.07, 6.45) is 5.77. The topological polar surface area (TPSA) is 282 Å². The first-order chi connectivity index (χ1) is 48.9. The first-order valence-electron chi connectivity index (χ1n) is 38.6. The normalized spacial score (nSPS) is 31.3. The number of fused-ring (bicyclic) bond motifs is 1. The van der Waals surface area contributed by atoms with Crippen molar-refractivity contribution in [2.45, 2.75) is 273 Å². The summed E-state index contributed by atoms with van der Waals surface area (Å²) in [5.74, 6) is -10.9. The summed E-state index contributed by atoms with van der Waals surface area (Å²) in [7, 11) is 13.2. The van der Waals surface area contributed by atoms with Crippen LogP contribution in [-0.2, 0) is 57.5 Å². The fraction of sp³-hybridized carbons (Fsp3) is 0.840. The van der Waals surface area contributed by atoms with Crippen LogP contribution in [0.3, 0.4) is 0 Å². The molecule has 4 unspecified atom stereocenters. The molecule has 0 aromatic rings. The monoisotopic (exact) mass is 1490 g/mol. The van der Waals surface area contributed by atoms with Crippen LogP contribution in [-0.4, -0.2) is 276 Å². The molecule has 7 rings (SSSR count). The van der Waals surface area contributed by atoms with Crippen molar-refractivity contribution in [3.8, 4) is 0 Å². The van der Waals surface area contributed by atoms with Crippen LogP contribution in [0.2, 0.25) is 0 Å². The second kappa shape index (κ2) is 37.5.